The van der Waals surface area contributed by atoms with Crippen molar-refractivity contribution in [2.45, 2.75) is 32.1 Å². The van der Waals surface area contributed by atoms with Crippen LogP contribution in [0.4, 0.5) is 5.69 Å². The Labute approximate surface area is 120 Å². The zero-order valence-corrected chi connectivity index (χ0v) is 12.8. The van der Waals surface area contributed by atoms with Crippen LogP contribution >= 0.6 is 0 Å². The van der Waals surface area contributed by atoms with Gasteiger partial charge < -0.3 is 0 Å². The van der Waals surface area contributed by atoms with Crippen LogP contribution < -0.4 is 4.72 Å². The van der Waals surface area contributed by atoms with Crippen molar-refractivity contribution in [3.05, 3.63) is 59.2 Å². The highest BCUT2D eigenvalue weighted by molar-refractivity contribution is 7.92. The number of para-hydroxylation sites is 1. The van der Waals surface area contributed by atoms with Crippen molar-refractivity contribution in [3.63, 3.8) is 0 Å². The van der Waals surface area contributed by atoms with E-state index in [0.717, 1.165) is 23.1 Å². The third kappa shape index (κ3) is 3.02. The third-order valence-corrected chi connectivity index (χ3v) is 4.73. The number of aryl methyl sites for hydroxylation is 3. The summed E-state index contributed by atoms with van der Waals surface area (Å²) in [6.45, 7) is 5.83. The molecule has 0 amide bonds. The minimum absolute atomic E-state index is 0.289. The Kier molecular flexibility index (Phi) is 4.14. The third-order valence-electron chi connectivity index (χ3n) is 3.36. The molecule has 0 aromatic heterocycles. The second kappa shape index (κ2) is 5.67. The lowest BCUT2D eigenvalue weighted by molar-refractivity contribution is 0.601. The normalized spacial score (nSPS) is 11.3. The summed E-state index contributed by atoms with van der Waals surface area (Å²) in [6.07, 6.45) is 0.894. The highest BCUT2D eigenvalue weighted by Crippen LogP contribution is 2.23. The summed E-state index contributed by atoms with van der Waals surface area (Å²) in [5.74, 6) is 0. The Balaban J connectivity index is 2.35. The Morgan fingerprint density at radius 2 is 1.50 bits per heavy atom. The predicted molar refractivity (Wildman–Crippen MR) is 82.5 cm³/mol. The van der Waals surface area contributed by atoms with Gasteiger partial charge in [0.1, 0.15) is 0 Å². The lowest BCUT2D eigenvalue weighted by atomic mass is 10.1. The van der Waals surface area contributed by atoms with Crippen LogP contribution in [0.2, 0.25) is 0 Å². The monoisotopic (exact) mass is 289 g/mol. The number of benzene rings is 2. The molecular weight excluding hydrogens is 270 g/mol. The Morgan fingerprint density at radius 3 is 2.00 bits per heavy atom. The van der Waals surface area contributed by atoms with Gasteiger partial charge in [-0.2, -0.15) is 0 Å². The fourth-order valence-electron chi connectivity index (χ4n) is 2.07. The van der Waals surface area contributed by atoms with Crippen molar-refractivity contribution in [3.8, 4) is 0 Å². The summed E-state index contributed by atoms with van der Waals surface area (Å²) in [5.41, 5.74) is 3.61. The molecule has 106 valence electrons. The minimum atomic E-state index is -3.53. The van der Waals surface area contributed by atoms with Gasteiger partial charge in [-0.25, -0.2) is 8.42 Å². The maximum Gasteiger partial charge on any atom is 0.261 e. The number of hydrogen-bond acceptors (Lipinski definition) is 2. The summed E-state index contributed by atoms with van der Waals surface area (Å²) >= 11 is 0. The second-order valence-corrected chi connectivity index (χ2v) is 6.55. The van der Waals surface area contributed by atoms with Gasteiger partial charge in [0.2, 0.25) is 0 Å². The molecule has 0 bridgehead atoms. The van der Waals surface area contributed by atoms with E-state index in [-0.39, 0.29) is 4.90 Å². The van der Waals surface area contributed by atoms with Crippen molar-refractivity contribution < 1.29 is 8.42 Å². The highest BCUT2D eigenvalue weighted by Gasteiger charge is 2.16. The van der Waals surface area contributed by atoms with Crippen LogP contribution in [0, 0.1) is 13.8 Å². The Bertz CT molecular complexity index is 684. The minimum Gasteiger partial charge on any atom is -0.279 e. The first-order valence-electron chi connectivity index (χ1n) is 6.62. The molecule has 20 heavy (non-hydrogen) atoms. The van der Waals surface area contributed by atoms with Crippen LogP contribution in [0.15, 0.2) is 47.4 Å². The largest absolute Gasteiger partial charge is 0.279 e. The van der Waals surface area contributed by atoms with Crippen molar-refractivity contribution in [1.29, 1.82) is 0 Å². The van der Waals surface area contributed by atoms with Crippen LogP contribution in [0.25, 0.3) is 0 Å². The topological polar surface area (TPSA) is 46.2 Å². The zero-order valence-electron chi connectivity index (χ0n) is 12.0. The van der Waals surface area contributed by atoms with Gasteiger partial charge in [0.15, 0.2) is 0 Å². The van der Waals surface area contributed by atoms with Crippen LogP contribution in [0.3, 0.4) is 0 Å². The number of hydrogen-bond donors (Lipinski definition) is 1. The van der Waals surface area contributed by atoms with Crippen LogP contribution in [-0.2, 0) is 16.4 Å². The molecule has 3 nitrogen and oxygen atoms in total. The number of rotatable bonds is 4. The Hall–Kier alpha value is -1.81. The number of nitrogens with one attached hydrogen (secondary N) is 1. The van der Waals surface area contributed by atoms with E-state index in [2.05, 4.69) is 4.72 Å². The van der Waals surface area contributed by atoms with Crippen molar-refractivity contribution in [2.24, 2.45) is 0 Å². The molecular formula is C16H19NO2S. The van der Waals surface area contributed by atoms with E-state index in [1.54, 1.807) is 12.1 Å². The van der Waals surface area contributed by atoms with E-state index in [4.69, 9.17) is 0 Å². The summed E-state index contributed by atoms with van der Waals surface area (Å²) in [7, 11) is -3.53. The van der Waals surface area contributed by atoms with Crippen LogP contribution in [0.1, 0.15) is 23.6 Å². The summed E-state index contributed by atoms with van der Waals surface area (Å²) in [6, 6.07) is 12.7. The first kappa shape index (κ1) is 14.6. The molecule has 0 radical (unpaired) electrons. The average Bonchev–Trinajstić information content (AvgIpc) is 2.43. The van der Waals surface area contributed by atoms with Gasteiger partial charge >= 0.3 is 0 Å². The fourth-order valence-corrected chi connectivity index (χ4v) is 3.28. The molecule has 1 N–H and O–H groups in total. The first-order valence-corrected chi connectivity index (χ1v) is 8.10. The van der Waals surface area contributed by atoms with Crippen molar-refractivity contribution >= 4 is 15.7 Å². The molecule has 2 aromatic rings. The predicted octanol–water partition coefficient (Wildman–Crippen LogP) is 3.67. The second-order valence-electron chi connectivity index (χ2n) is 4.87. The molecule has 0 aliphatic heterocycles. The van der Waals surface area contributed by atoms with E-state index in [9.17, 15) is 8.42 Å². The van der Waals surface area contributed by atoms with Gasteiger partial charge in [-0.15, -0.1) is 0 Å². The molecule has 0 heterocycles. The molecule has 0 atom stereocenters. The van der Waals surface area contributed by atoms with Crippen molar-refractivity contribution in [2.75, 3.05) is 4.72 Å². The van der Waals surface area contributed by atoms with E-state index >= 15 is 0 Å². The summed E-state index contributed by atoms with van der Waals surface area (Å²) < 4.78 is 27.5. The van der Waals surface area contributed by atoms with Gasteiger partial charge in [-0.1, -0.05) is 37.3 Å². The SMILES string of the molecule is CCc1ccc(S(=O)(=O)Nc2c(C)cccc2C)cc1. The van der Waals surface area contributed by atoms with E-state index in [1.165, 1.54) is 0 Å². The molecule has 0 saturated heterocycles. The Morgan fingerprint density at radius 1 is 0.950 bits per heavy atom. The quantitative estimate of drug-likeness (QED) is 0.933. The summed E-state index contributed by atoms with van der Waals surface area (Å²) in [5, 5.41) is 0. The van der Waals surface area contributed by atoms with E-state index < -0.39 is 10.0 Å². The molecule has 0 aliphatic rings. The van der Waals surface area contributed by atoms with E-state index in [0.29, 0.717) is 5.69 Å². The molecule has 0 spiro atoms. The highest BCUT2D eigenvalue weighted by atomic mass is 32.2. The molecule has 2 aromatic carbocycles. The lowest BCUT2D eigenvalue weighted by Gasteiger charge is -2.13. The number of sulfonamides is 1. The molecule has 0 unspecified atom stereocenters. The van der Waals surface area contributed by atoms with Gasteiger partial charge in [-0.05, 0) is 49.1 Å². The summed E-state index contributed by atoms with van der Waals surface area (Å²) in [4.78, 5) is 0.289. The maximum absolute atomic E-state index is 12.4. The standard InChI is InChI=1S/C16H19NO2S/c1-4-14-8-10-15(11-9-14)20(18,19)17-16-12(2)6-5-7-13(16)3/h5-11,17H,4H2,1-3H3. The van der Waals surface area contributed by atoms with Crippen LogP contribution in [-0.4, -0.2) is 8.42 Å². The van der Waals surface area contributed by atoms with Crippen molar-refractivity contribution in [1.82, 2.24) is 0 Å². The molecule has 2 rings (SSSR count). The van der Waals surface area contributed by atoms with Gasteiger partial charge in [-0.3, -0.25) is 4.72 Å². The van der Waals surface area contributed by atoms with Gasteiger partial charge in [0.25, 0.3) is 10.0 Å². The maximum atomic E-state index is 12.4. The van der Waals surface area contributed by atoms with Gasteiger partial charge in [0.05, 0.1) is 10.6 Å². The molecule has 0 aliphatic carbocycles. The smallest absolute Gasteiger partial charge is 0.261 e. The van der Waals surface area contributed by atoms with Gasteiger partial charge in [0, 0.05) is 0 Å². The molecule has 4 heteroatoms. The number of anilines is 1. The zero-order chi connectivity index (χ0) is 14.8. The van der Waals surface area contributed by atoms with E-state index in [1.807, 2.05) is 51.1 Å². The fraction of sp³-hybridized carbons (Fsp3) is 0.250. The lowest BCUT2D eigenvalue weighted by Crippen LogP contribution is -2.14. The molecule has 0 fully saturated rings. The average molecular weight is 289 g/mol. The van der Waals surface area contributed by atoms with Crippen LogP contribution in [0.5, 0.6) is 0 Å². The first-order chi connectivity index (χ1) is 9.44. The molecule has 0 saturated carbocycles.